The van der Waals surface area contributed by atoms with Crippen molar-refractivity contribution in [3.05, 3.63) is 53.6 Å². The van der Waals surface area contributed by atoms with Crippen LogP contribution in [0.5, 0.6) is 5.88 Å². The molecule has 3 aliphatic rings. The van der Waals surface area contributed by atoms with Crippen LogP contribution in [0.3, 0.4) is 0 Å². The molecule has 2 aliphatic heterocycles. The van der Waals surface area contributed by atoms with Crippen molar-refractivity contribution in [3.8, 4) is 11.8 Å². The van der Waals surface area contributed by atoms with Gasteiger partial charge in [-0.25, -0.2) is 23.4 Å². The maximum Gasteiger partial charge on any atom is 0.282 e. The highest BCUT2D eigenvalue weighted by Crippen LogP contribution is 2.48. The molecule has 0 spiro atoms. The first kappa shape index (κ1) is 27.5. The van der Waals surface area contributed by atoms with Crippen molar-refractivity contribution in [1.82, 2.24) is 29.6 Å². The third kappa shape index (κ3) is 5.49. The number of carbonyl (C=O) groups is 1. The van der Waals surface area contributed by atoms with Crippen LogP contribution in [0.25, 0.3) is 5.95 Å². The number of amides is 1. The average Bonchev–Trinajstić information content (AvgIpc) is 3.28. The van der Waals surface area contributed by atoms with Crippen molar-refractivity contribution in [2.45, 2.75) is 58.6 Å². The molecule has 2 N–H and O–H groups in total. The molecule has 2 unspecified atom stereocenters. The number of anilines is 1. The van der Waals surface area contributed by atoms with Gasteiger partial charge in [0, 0.05) is 68.2 Å². The predicted molar refractivity (Wildman–Crippen MR) is 148 cm³/mol. The van der Waals surface area contributed by atoms with Crippen molar-refractivity contribution in [2.24, 2.45) is 23.0 Å². The Morgan fingerprint density at radius 1 is 1.12 bits per heavy atom. The topological polar surface area (TPSA) is 115 Å². The summed E-state index contributed by atoms with van der Waals surface area (Å²) < 4.78 is 35.1. The lowest BCUT2D eigenvalue weighted by atomic mass is 9.82. The lowest BCUT2D eigenvalue weighted by Crippen LogP contribution is -2.38. The molecule has 3 aromatic heterocycles. The van der Waals surface area contributed by atoms with Crippen LogP contribution in [0.1, 0.15) is 68.6 Å². The van der Waals surface area contributed by atoms with Crippen LogP contribution in [0.2, 0.25) is 0 Å². The zero-order valence-electron chi connectivity index (χ0n) is 23.8. The zero-order chi connectivity index (χ0) is 29.1. The van der Waals surface area contributed by atoms with E-state index in [1.54, 1.807) is 11.0 Å². The second-order valence-electron chi connectivity index (χ2n) is 12.8. The third-order valence-electron chi connectivity index (χ3n) is 8.57. The van der Waals surface area contributed by atoms with Gasteiger partial charge in [-0.2, -0.15) is 10.1 Å². The van der Waals surface area contributed by atoms with Crippen LogP contribution in [0, 0.1) is 17.3 Å². The number of hydrogen-bond acceptors (Lipinski definition) is 8. The Morgan fingerprint density at radius 3 is 2.39 bits per heavy atom. The molecule has 1 saturated carbocycles. The minimum Gasteiger partial charge on any atom is -0.474 e. The predicted octanol–water partition coefficient (Wildman–Crippen LogP) is 3.96. The van der Waals surface area contributed by atoms with Gasteiger partial charge in [0.05, 0.1) is 5.56 Å². The van der Waals surface area contributed by atoms with Gasteiger partial charge >= 0.3 is 0 Å². The lowest BCUT2D eigenvalue weighted by molar-refractivity contribution is 0.0739. The molecule has 41 heavy (non-hydrogen) atoms. The fourth-order valence-corrected chi connectivity index (χ4v) is 5.77. The molecular weight excluding hydrogens is 530 g/mol. The molecule has 218 valence electrons. The number of hydrogen-bond donors (Lipinski definition) is 1. The van der Waals surface area contributed by atoms with Crippen molar-refractivity contribution in [2.75, 3.05) is 31.1 Å². The maximum atomic E-state index is 13.8. The van der Waals surface area contributed by atoms with E-state index in [2.05, 4.69) is 39.9 Å². The Balaban J connectivity index is 1.15. The number of nitrogens with two attached hydrogens (primary N) is 1. The van der Waals surface area contributed by atoms with Crippen molar-refractivity contribution < 1.29 is 18.3 Å². The Morgan fingerprint density at radius 2 is 1.78 bits per heavy atom. The summed E-state index contributed by atoms with van der Waals surface area (Å²) in [5, 5.41) is 3.90. The highest BCUT2D eigenvalue weighted by atomic mass is 19.3. The Bertz CT molecular complexity index is 1420. The number of fused-ring (bicyclic) bond motifs is 1. The van der Waals surface area contributed by atoms with Gasteiger partial charge in [0.25, 0.3) is 12.3 Å². The normalized spacial score (nSPS) is 23.6. The van der Waals surface area contributed by atoms with Gasteiger partial charge in [0.15, 0.2) is 0 Å². The standard InChI is InChI=1S/C29H36F2N8O2/c1-28(2)6-10-37(11-7-28)21-12-17(29(3,4)32)13-22(35-21)41-24-18-14-38(15-19(18)24)26(40)20-16-39(36-23(20)25(30)31)27-33-8-5-9-34-27/h5,8-9,12-13,16,18-19,24-25H,6-7,10-11,14-15,32H2,1-4H3. The van der Waals surface area contributed by atoms with Gasteiger partial charge in [-0.1, -0.05) is 13.8 Å². The Kier molecular flexibility index (Phi) is 6.71. The number of carbonyl (C=O) groups excluding carboxylic acids is 1. The summed E-state index contributed by atoms with van der Waals surface area (Å²) in [5.41, 5.74) is 6.46. The van der Waals surface area contributed by atoms with Crippen LogP contribution in [0.15, 0.2) is 36.8 Å². The molecule has 3 fully saturated rings. The van der Waals surface area contributed by atoms with Crippen molar-refractivity contribution in [1.29, 1.82) is 0 Å². The first-order valence-corrected chi connectivity index (χ1v) is 14.1. The monoisotopic (exact) mass is 566 g/mol. The fraction of sp³-hybridized carbons (Fsp3) is 0.552. The van der Waals surface area contributed by atoms with Gasteiger partial charge in [-0.3, -0.25) is 4.79 Å². The second-order valence-corrected chi connectivity index (χ2v) is 12.8. The number of likely N-dealkylation sites (tertiary alicyclic amines) is 1. The first-order valence-electron chi connectivity index (χ1n) is 14.1. The van der Waals surface area contributed by atoms with E-state index in [1.807, 2.05) is 19.9 Å². The minimum absolute atomic E-state index is 0.0918. The molecule has 3 aromatic rings. The summed E-state index contributed by atoms with van der Waals surface area (Å²) in [4.78, 5) is 30.1. The summed E-state index contributed by atoms with van der Waals surface area (Å²) in [6.07, 6.45) is 3.42. The minimum atomic E-state index is -2.91. The molecule has 0 aromatic carbocycles. The molecule has 10 nitrogen and oxygen atoms in total. The average molecular weight is 567 g/mol. The molecule has 1 aliphatic carbocycles. The summed E-state index contributed by atoms with van der Waals surface area (Å²) in [7, 11) is 0. The molecule has 0 radical (unpaired) electrons. The number of halogens is 2. The van der Waals surface area contributed by atoms with E-state index in [1.165, 1.54) is 18.6 Å². The van der Waals surface area contributed by atoms with Gasteiger partial charge in [0.2, 0.25) is 11.8 Å². The maximum absolute atomic E-state index is 13.8. The van der Waals surface area contributed by atoms with E-state index in [0.29, 0.717) is 24.4 Å². The van der Waals surface area contributed by atoms with Gasteiger partial charge in [-0.05, 0) is 49.8 Å². The molecular formula is C29H36F2N8O2. The van der Waals surface area contributed by atoms with Crippen LogP contribution in [0.4, 0.5) is 14.6 Å². The molecule has 12 heteroatoms. The van der Waals surface area contributed by atoms with E-state index in [9.17, 15) is 13.6 Å². The second kappa shape index (κ2) is 10.0. The Hall–Kier alpha value is -3.67. The number of nitrogens with zero attached hydrogens (tertiary/aromatic N) is 7. The van der Waals surface area contributed by atoms with Crippen LogP contribution < -0.4 is 15.4 Å². The van der Waals surface area contributed by atoms with E-state index in [0.717, 1.165) is 42.0 Å². The zero-order valence-corrected chi connectivity index (χ0v) is 23.8. The molecule has 5 heterocycles. The van der Waals surface area contributed by atoms with Crippen molar-refractivity contribution >= 4 is 11.7 Å². The SMILES string of the molecule is CC1(C)CCN(c2cc(C(C)(C)N)cc(OC3C4CN(C(=O)c5cn(-c6ncccn6)nc5C(F)F)CC43)n2)CC1. The number of pyridine rings is 1. The summed E-state index contributed by atoms with van der Waals surface area (Å²) >= 11 is 0. The van der Waals surface area contributed by atoms with Gasteiger partial charge in [-0.15, -0.1) is 0 Å². The summed E-state index contributed by atoms with van der Waals surface area (Å²) in [6.45, 7) is 11.2. The molecule has 6 rings (SSSR count). The van der Waals surface area contributed by atoms with Gasteiger partial charge < -0.3 is 20.3 Å². The van der Waals surface area contributed by atoms with E-state index >= 15 is 0 Å². The number of piperidine rings is 2. The van der Waals surface area contributed by atoms with Crippen LogP contribution in [-0.4, -0.2) is 67.8 Å². The lowest BCUT2D eigenvalue weighted by Gasteiger charge is -2.38. The largest absolute Gasteiger partial charge is 0.474 e. The van der Waals surface area contributed by atoms with E-state index < -0.39 is 23.6 Å². The van der Waals surface area contributed by atoms with E-state index in [4.69, 9.17) is 15.5 Å². The number of aromatic nitrogens is 5. The molecule has 0 bridgehead atoms. The number of ether oxygens (including phenoxy) is 1. The number of rotatable bonds is 7. The summed E-state index contributed by atoms with van der Waals surface area (Å²) in [5.74, 6) is 1.26. The molecule has 1 amide bonds. The quantitative estimate of drug-likeness (QED) is 0.457. The Labute approximate surface area is 237 Å². The molecule has 2 atom stereocenters. The van der Waals surface area contributed by atoms with Crippen LogP contribution in [-0.2, 0) is 5.54 Å². The fourth-order valence-electron chi connectivity index (χ4n) is 5.77. The van der Waals surface area contributed by atoms with Gasteiger partial charge in [0.1, 0.15) is 17.6 Å². The molecule has 2 saturated heterocycles. The highest BCUT2D eigenvalue weighted by molar-refractivity contribution is 5.95. The van der Waals surface area contributed by atoms with E-state index in [-0.39, 0.29) is 29.5 Å². The summed E-state index contributed by atoms with van der Waals surface area (Å²) in [6, 6.07) is 5.57. The van der Waals surface area contributed by atoms with Crippen molar-refractivity contribution in [3.63, 3.8) is 0 Å². The third-order valence-corrected chi connectivity index (χ3v) is 8.57. The highest BCUT2D eigenvalue weighted by Gasteiger charge is 2.59. The first-order chi connectivity index (χ1) is 19.4. The smallest absolute Gasteiger partial charge is 0.282 e. The van der Waals surface area contributed by atoms with Crippen LogP contribution >= 0.6 is 0 Å². The number of alkyl halides is 2.